The first kappa shape index (κ1) is 6.03. The number of aromatic hydroxyl groups is 1. The fourth-order valence-corrected chi connectivity index (χ4v) is 1.07. The van der Waals surface area contributed by atoms with Gasteiger partial charge in [-0.3, -0.25) is 4.98 Å². The molecule has 0 saturated heterocycles. The summed E-state index contributed by atoms with van der Waals surface area (Å²) in [5.74, 6) is 0.476. The Bertz CT molecular complexity index is 357. The van der Waals surface area contributed by atoms with Gasteiger partial charge in [0.2, 0.25) is 5.88 Å². The predicted molar refractivity (Wildman–Crippen MR) is 42.2 cm³/mol. The third kappa shape index (κ3) is 0.724. The first-order valence-corrected chi connectivity index (χ1v) is 3.20. The van der Waals surface area contributed by atoms with Crippen LogP contribution in [0.15, 0.2) is 18.3 Å². The van der Waals surface area contributed by atoms with Gasteiger partial charge in [0, 0.05) is 11.6 Å². The maximum atomic E-state index is 9.19. The van der Waals surface area contributed by atoms with E-state index in [0.717, 1.165) is 5.39 Å². The number of anilines is 1. The average Bonchev–Trinajstić information content (AvgIpc) is 2.30. The molecule has 2 aromatic heterocycles. The van der Waals surface area contributed by atoms with Gasteiger partial charge in [0.1, 0.15) is 11.3 Å². The van der Waals surface area contributed by atoms with Crippen LogP contribution in [0.2, 0.25) is 0 Å². The van der Waals surface area contributed by atoms with Crippen LogP contribution in [0.5, 0.6) is 5.88 Å². The molecular weight excluding hydrogens is 142 g/mol. The van der Waals surface area contributed by atoms with Gasteiger partial charge in [0.25, 0.3) is 0 Å². The van der Waals surface area contributed by atoms with Gasteiger partial charge in [-0.15, -0.1) is 0 Å². The highest BCUT2D eigenvalue weighted by Crippen LogP contribution is 2.25. The number of aromatic nitrogens is 2. The molecule has 0 unspecified atom stereocenters. The second-order valence-corrected chi connectivity index (χ2v) is 2.29. The Morgan fingerprint density at radius 1 is 1.55 bits per heavy atom. The summed E-state index contributed by atoms with van der Waals surface area (Å²) in [5.41, 5.74) is 6.04. The predicted octanol–water partition coefficient (Wildman–Crippen LogP) is 0.851. The van der Waals surface area contributed by atoms with Crippen LogP contribution in [0.25, 0.3) is 10.9 Å². The number of hydrogen-bond donors (Lipinski definition) is 3. The number of nitrogens with one attached hydrogen (secondary N) is 1. The summed E-state index contributed by atoms with van der Waals surface area (Å²) in [6.07, 6.45) is 1.61. The molecular formula is C7H7N3O. The zero-order chi connectivity index (χ0) is 7.84. The van der Waals surface area contributed by atoms with E-state index in [1.54, 1.807) is 18.3 Å². The summed E-state index contributed by atoms with van der Waals surface area (Å²) in [5, 5.41) is 9.95. The van der Waals surface area contributed by atoms with Crippen molar-refractivity contribution < 1.29 is 5.11 Å². The molecule has 0 fully saturated rings. The molecule has 2 rings (SSSR count). The minimum absolute atomic E-state index is 0.0260. The molecule has 4 heteroatoms. The molecule has 0 radical (unpaired) electrons. The van der Waals surface area contributed by atoms with E-state index >= 15 is 0 Å². The number of nitrogens with two attached hydrogens (primary N) is 1. The van der Waals surface area contributed by atoms with Gasteiger partial charge in [0.05, 0.1) is 0 Å². The lowest BCUT2D eigenvalue weighted by atomic mass is 10.3. The maximum Gasteiger partial charge on any atom is 0.217 e. The van der Waals surface area contributed by atoms with E-state index in [4.69, 9.17) is 5.73 Å². The topological polar surface area (TPSA) is 74.9 Å². The smallest absolute Gasteiger partial charge is 0.217 e. The molecule has 0 aliphatic rings. The van der Waals surface area contributed by atoms with Crippen molar-refractivity contribution in [2.45, 2.75) is 0 Å². The highest BCUT2D eigenvalue weighted by Gasteiger charge is 2.05. The van der Waals surface area contributed by atoms with Gasteiger partial charge >= 0.3 is 0 Å². The summed E-state index contributed by atoms with van der Waals surface area (Å²) < 4.78 is 0. The van der Waals surface area contributed by atoms with Crippen molar-refractivity contribution in [3.8, 4) is 5.88 Å². The molecule has 0 aliphatic carbocycles. The fourth-order valence-electron chi connectivity index (χ4n) is 1.07. The Labute approximate surface area is 62.7 Å². The van der Waals surface area contributed by atoms with E-state index in [1.165, 1.54) is 0 Å². The molecule has 0 aliphatic heterocycles. The van der Waals surface area contributed by atoms with Gasteiger partial charge in [-0.05, 0) is 12.1 Å². The first-order chi connectivity index (χ1) is 5.29. The van der Waals surface area contributed by atoms with Crippen molar-refractivity contribution in [2.24, 2.45) is 0 Å². The van der Waals surface area contributed by atoms with Crippen molar-refractivity contribution in [3.05, 3.63) is 18.3 Å². The highest BCUT2D eigenvalue weighted by molar-refractivity contribution is 5.93. The quantitative estimate of drug-likeness (QED) is 0.519. The number of H-pyrrole nitrogens is 1. The molecule has 56 valence electrons. The molecule has 4 N–H and O–H groups in total. The van der Waals surface area contributed by atoms with Gasteiger partial charge in [-0.25, -0.2) is 0 Å². The number of nitrogens with zero attached hydrogens (tertiary/aromatic N) is 1. The van der Waals surface area contributed by atoms with Crippen LogP contribution in [0, 0.1) is 0 Å². The van der Waals surface area contributed by atoms with Crippen molar-refractivity contribution in [2.75, 3.05) is 5.73 Å². The number of fused-ring (bicyclic) bond motifs is 1. The van der Waals surface area contributed by atoms with Crippen LogP contribution in [-0.4, -0.2) is 15.1 Å². The SMILES string of the molecule is Nc1[nH]c(O)c2ncccc12. The van der Waals surface area contributed by atoms with Crippen LogP contribution in [0.3, 0.4) is 0 Å². The lowest BCUT2D eigenvalue weighted by Gasteiger charge is -1.86. The second kappa shape index (κ2) is 1.88. The molecule has 0 bridgehead atoms. The van der Waals surface area contributed by atoms with E-state index in [9.17, 15) is 5.11 Å². The highest BCUT2D eigenvalue weighted by atomic mass is 16.3. The summed E-state index contributed by atoms with van der Waals surface area (Å²) >= 11 is 0. The lowest BCUT2D eigenvalue weighted by molar-refractivity contribution is 0.462. The first-order valence-electron chi connectivity index (χ1n) is 3.20. The second-order valence-electron chi connectivity index (χ2n) is 2.29. The minimum atomic E-state index is 0.0260. The molecule has 4 nitrogen and oxygen atoms in total. The van der Waals surface area contributed by atoms with Crippen molar-refractivity contribution >= 4 is 16.7 Å². The normalized spacial score (nSPS) is 10.5. The fraction of sp³-hybridized carbons (Fsp3) is 0. The van der Waals surface area contributed by atoms with E-state index in [2.05, 4.69) is 9.97 Å². The summed E-state index contributed by atoms with van der Waals surface area (Å²) in [7, 11) is 0. The van der Waals surface area contributed by atoms with E-state index < -0.39 is 0 Å². The monoisotopic (exact) mass is 149 g/mol. The minimum Gasteiger partial charge on any atom is -0.493 e. The van der Waals surface area contributed by atoms with Gasteiger partial charge < -0.3 is 15.8 Å². The summed E-state index contributed by atoms with van der Waals surface area (Å²) in [6, 6.07) is 3.57. The van der Waals surface area contributed by atoms with Crippen LogP contribution in [0.1, 0.15) is 0 Å². The Kier molecular flexibility index (Phi) is 1.03. The maximum absolute atomic E-state index is 9.19. The van der Waals surface area contributed by atoms with Crippen LogP contribution in [0.4, 0.5) is 5.82 Å². The van der Waals surface area contributed by atoms with Gasteiger partial charge in [-0.2, -0.15) is 0 Å². The molecule has 0 saturated carbocycles. The Morgan fingerprint density at radius 3 is 3.09 bits per heavy atom. The van der Waals surface area contributed by atoms with E-state index in [0.29, 0.717) is 11.3 Å². The molecule has 2 heterocycles. The zero-order valence-corrected chi connectivity index (χ0v) is 5.70. The lowest BCUT2D eigenvalue weighted by Crippen LogP contribution is -1.82. The van der Waals surface area contributed by atoms with Crippen molar-refractivity contribution in [3.63, 3.8) is 0 Å². The largest absolute Gasteiger partial charge is 0.493 e. The van der Waals surface area contributed by atoms with Gasteiger partial charge in [0.15, 0.2) is 0 Å². The third-order valence-electron chi connectivity index (χ3n) is 1.58. The molecule has 0 spiro atoms. The van der Waals surface area contributed by atoms with Crippen molar-refractivity contribution in [1.82, 2.24) is 9.97 Å². The van der Waals surface area contributed by atoms with Crippen LogP contribution >= 0.6 is 0 Å². The summed E-state index contributed by atoms with van der Waals surface area (Å²) in [4.78, 5) is 6.53. The number of aromatic amines is 1. The number of hydrogen-bond acceptors (Lipinski definition) is 3. The number of nitrogen functional groups attached to an aromatic ring is 1. The third-order valence-corrected chi connectivity index (χ3v) is 1.58. The molecule has 0 aromatic carbocycles. The van der Waals surface area contributed by atoms with Gasteiger partial charge in [-0.1, -0.05) is 0 Å². The Balaban J connectivity index is 2.95. The number of pyridine rings is 1. The molecule has 0 atom stereocenters. The summed E-state index contributed by atoms with van der Waals surface area (Å²) in [6.45, 7) is 0. The van der Waals surface area contributed by atoms with Crippen LogP contribution in [-0.2, 0) is 0 Å². The van der Waals surface area contributed by atoms with Crippen LogP contribution < -0.4 is 5.73 Å². The van der Waals surface area contributed by atoms with Crippen molar-refractivity contribution in [1.29, 1.82) is 0 Å². The molecule has 2 aromatic rings. The average molecular weight is 149 g/mol. The molecule has 11 heavy (non-hydrogen) atoms. The van der Waals surface area contributed by atoms with E-state index in [1.807, 2.05) is 0 Å². The number of rotatable bonds is 0. The Hall–Kier alpha value is -1.71. The van der Waals surface area contributed by atoms with E-state index in [-0.39, 0.29) is 5.88 Å². The zero-order valence-electron chi connectivity index (χ0n) is 5.70. The Morgan fingerprint density at radius 2 is 2.36 bits per heavy atom. The standard InChI is InChI=1S/C7H7N3O/c8-6-4-2-1-3-9-5(4)7(11)10-6/h1-3,10-11H,8H2. The molecule has 0 amide bonds.